The molecule has 2 aromatic heterocycles. The fourth-order valence-corrected chi connectivity index (χ4v) is 2.42. The molecule has 0 fully saturated rings. The molecule has 25 heavy (non-hydrogen) atoms. The van der Waals surface area contributed by atoms with Gasteiger partial charge in [-0.25, -0.2) is 4.52 Å². The Morgan fingerprint density at radius 2 is 1.88 bits per heavy atom. The van der Waals surface area contributed by atoms with E-state index >= 15 is 0 Å². The molecule has 128 valence electrons. The SMILES string of the molecule is COC(=O)CCC(=O)c1c(OCc2ccccc2)ccc2cnnn12. The van der Waals surface area contributed by atoms with Crippen molar-refractivity contribution in [3.8, 4) is 5.75 Å². The normalized spacial score (nSPS) is 10.6. The first-order valence-electron chi connectivity index (χ1n) is 7.79. The van der Waals surface area contributed by atoms with Crippen LogP contribution in [0.3, 0.4) is 0 Å². The summed E-state index contributed by atoms with van der Waals surface area (Å²) >= 11 is 0. The zero-order valence-corrected chi connectivity index (χ0v) is 13.7. The van der Waals surface area contributed by atoms with Gasteiger partial charge in [-0.05, 0) is 17.7 Å². The third-order valence-corrected chi connectivity index (χ3v) is 3.71. The number of ether oxygens (including phenoxy) is 2. The molecule has 0 aliphatic carbocycles. The predicted octanol–water partition coefficient (Wildman–Crippen LogP) is 2.44. The van der Waals surface area contributed by atoms with Gasteiger partial charge in [0.15, 0.2) is 11.5 Å². The van der Waals surface area contributed by atoms with Crippen LogP contribution in [0.15, 0.2) is 48.7 Å². The van der Waals surface area contributed by atoms with Crippen LogP contribution in [-0.2, 0) is 16.1 Å². The minimum absolute atomic E-state index is 0.00145. The monoisotopic (exact) mass is 339 g/mol. The van der Waals surface area contributed by atoms with Gasteiger partial charge in [0, 0.05) is 6.42 Å². The molecule has 0 N–H and O–H groups in total. The average molecular weight is 339 g/mol. The van der Waals surface area contributed by atoms with Crippen molar-refractivity contribution in [1.82, 2.24) is 14.8 Å². The second-order valence-electron chi connectivity index (χ2n) is 5.39. The lowest BCUT2D eigenvalue weighted by atomic mass is 10.1. The van der Waals surface area contributed by atoms with Crippen LogP contribution < -0.4 is 4.74 Å². The number of nitrogens with zero attached hydrogens (tertiary/aromatic N) is 3. The zero-order valence-electron chi connectivity index (χ0n) is 13.7. The van der Waals surface area contributed by atoms with Crippen LogP contribution in [0.25, 0.3) is 5.52 Å². The van der Waals surface area contributed by atoms with Gasteiger partial charge >= 0.3 is 5.97 Å². The third kappa shape index (κ3) is 3.82. The molecular formula is C18H17N3O4. The van der Waals surface area contributed by atoms with Crippen LogP contribution in [0.4, 0.5) is 0 Å². The van der Waals surface area contributed by atoms with E-state index in [9.17, 15) is 9.59 Å². The highest BCUT2D eigenvalue weighted by Crippen LogP contribution is 2.23. The molecule has 3 aromatic rings. The Hall–Kier alpha value is -3.22. The number of Topliss-reactive ketones (excluding diaryl/α,β-unsaturated/α-hetero) is 1. The Labute approximate surface area is 144 Å². The van der Waals surface area contributed by atoms with Crippen LogP contribution in [0.1, 0.15) is 28.9 Å². The van der Waals surface area contributed by atoms with E-state index in [1.807, 2.05) is 30.3 Å². The summed E-state index contributed by atoms with van der Waals surface area (Å²) in [6, 6.07) is 13.1. The highest BCUT2D eigenvalue weighted by molar-refractivity contribution is 5.99. The van der Waals surface area contributed by atoms with Crippen molar-refractivity contribution in [3.05, 3.63) is 59.9 Å². The fourth-order valence-electron chi connectivity index (χ4n) is 2.42. The molecular weight excluding hydrogens is 322 g/mol. The van der Waals surface area contributed by atoms with Crippen LogP contribution in [0.5, 0.6) is 5.75 Å². The van der Waals surface area contributed by atoms with Crippen LogP contribution in [-0.4, -0.2) is 33.7 Å². The number of pyridine rings is 1. The van der Waals surface area contributed by atoms with Crippen molar-refractivity contribution < 1.29 is 19.1 Å². The summed E-state index contributed by atoms with van der Waals surface area (Å²) in [5.74, 6) is -0.299. The number of esters is 1. The first-order valence-corrected chi connectivity index (χ1v) is 7.79. The van der Waals surface area contributed by atoms with Crippen LogP contribution >= 0.6 is 0 Å². The highest BCUT2D eigenvalue weighted by atomic mass is 16.5. The molecule has 2 heterocycles. The lowest BCUT2D eigenvalue weighted by Crippen LogP contribution is -2.13. The zero-order chi connectivity index (χ0) is 17.6. The number of hydrogen-bond donors (Lipinski definition) is 0. The number of ketones is 1. The maximum Gasteiger partial charge on any atom is 0.305 e. The minimum atomic E-state index is -0.439. The van der Waals surface area contributed by atoms with Crippen molar-refractivity contribution in [3.63, 3.8) is 0 Å². The van der Waals surface area contributed by atoms with Crippen molar-refractivity contribution >= 4 is 17.3 Å². The van der Waals surface area contributed by atoms with Gasteiger partial charge in [-0.15, -0.1) is 5.10 Å². The summed E-state index contributed by atoms with van der Waals surface area (Å²) in [5, 5.41) is 7.78. The van der Waals surface area contributed by atoms with E-state index in [1.165, 1.54) is 11.6 Å². The minimum Gasteiger partial charge on any atom is -0.486 e. The van der Waals surface area contributed by atoms with E-state index in [4.69, 9.17) is 4.74 Å². The number of benzene rings is 1. The second-order valence-corrected chi connectivity index (χ2v) is 5.39. The molecule has 0 aliphatic rings. The number of rotatable bonds is 7. The van der Waals surface area contributed by atoms with E-state index in [1.54, 1.807) is 18.3 Å². The van der Waals surface area contributed by atoms with Gasteiger partial charge in [-0.1, -0.05) is 35.5 Å². The van der Waals surface area contributed by atoms with Gasteiger partial charge in [0.2, 0.25) is 0 Å². The largest absolute Gasteiger partial charge is 0.486 e. The average Bonchev–Trinajstić information content (AvgIpc) is 3.13. The smallest absolute Gasteiger partial charge is 0.305 e. The number of hydrogen-bond acceptors (Lipinski definition) is 6. The van der Waals surface area contributed by atoms with Crippen molar-refractivity contribution in [2.45, 2.75) is 19.4 Å². The van der Waals surface area contributed by atoms with E-state index in [0.717, 1.165) is 5.56 Å². The first kappa shape index (κ1) is 16.6. The van der Waals surface area contributed by atoms with Gasteiger partial charge in [0.1, 0.15) is 12.4 Å². The van der Waals surface area contributed by atoms with Crippen LogP contribution in [0.2, 0.25) is 0 Å². The Bertz CT molecular complexity index is 890. The molecule has 7 heteroatoms. The number of aromatic nitrogens is 3. The molecule has 1 aromatic carbocycles. The molecule has 0 amide bonds. The Morgan fingerprint density at radius 3 is 2.64 bits per heavy atom. The number of fused-ring (bicyclic) bond motifs is 1. The third-order valence-electron chi connectivity index (χ3n) is 3.71. The quantitative estimate of drug-likeness (QED) is 0.486. The first-order chi connectivity index (χ1) is 12.2. The molecule has 7 nitrogen and oxygen atoms in total. The van der Waals surface area contributed by atoms with Crippen LogP contribution in [0, 0.1) is 0 Å². The summed E-state index contributed by atoms with van der Waals surface area (Å²) in [6.45, 7) is 0.318. The van der Waals surface area contributed by atoms with Gasteiger partial charge in [0.25, 0.3) is 0 Å². The maximum atomic E-state index is 12.6. The van der Waals surface area contributed by atoms with Crippen molar-refractivity contribution in [1.29, 1.82) is 0 Å². The molecule has 0 aliphatic heterocycles. The summed E-state index contributed by atoms with van der Waals surface area (Å²) < 4.78 is 11.8. The van der Waals surface area contributed by atoms with Crippen molar-refractivity contribution in [2.24, 2.45) is 0 Å². The number of carbonyl (C=O) groups is 2. The number of carbonyl (C=O) groups excluding carboxylic acids is 2. The molecule has 3 rings (SSSR count). The topological polar surface area (TPSA) is 82.8 Å². The fraction of sp³-hybridized carbons (Fsp3) is 0.222. The lowest BCUT2D eigenvalue weighted by Gasteiger charge is -2.12. The molecule has 0 saturated heterocycles. The van der Waals surface area contributed by atoms with Gasteiger partial charge in [0.05, 0.1) is 25.2 Å². The highest BCUT2D eigenvalue weighted by Gasteiger charge is 2.19. The number of methoxy groups -OCH3 is 1. The maximum absolute atomic E-state index is 12.6. The van der Waals surface area contributed by atoms with E-state index in [2.05, 4.69) is 15.0 Å². The van der Waals surface area contributed by atoms with Gasteiger partial charge in [-0.3, -0.25) is 9.59 Å². The molecule has 0 unspecified atom stereocenters. The molecule has 0 spiro atoms. The van der Waals surface area contributed by atoms with E-state index < -0.39 is 5.97 Å². The summed E-state index contributed by atoms with van der Waals surface area (Å²) in [5.41, 5.74) is 1.93. The Morgan fingerprint density at radius 1 is 1.08 bits per heavy atom. The molecule has 0 bridgehead atoms. The van der Waals surface area contributed by atoms with Gasteiger partial charge in [-0.2, -0.15) is 0 Å². The van der Waals surface area contributed by atoms with E-state index in [-0.39, 0.29) is 24.3 Å². The Balaban J connectivity index is 1.86. The predicted molar refractivity (Wildman–Crippen MR) is 89.3 cm³/mol. The molecule has 0 saturated carbocycles. The second kappa shape index (κ2) is 7.57. The van der Waals surface area contributed by atoms with E-state index in [0.29, 0.717) is 17.9 Å². The summed E-state index contributed by atoms with van der Waals surface area (Å²) in [7, 11) is 1.29. The molecule has 0 atom stereocenters. The Kier molecular flexibility index (Phi) is 5.03. The summed E-state index contributed by atoms with van der Waals surface area (Å²) in [4.78, 5) is 23.9. The summed E-state index contributed by atoms with van der Waals surface area (Å²) in [6.07, 6.45) is 1.56. The van der Waals surface area contributed by atoms with Gasteiger partial charge < -0.3 is 9.47 Å². The lowest BCUT2D eigenvalue weighted by molar-refractivity contribution is -0.140. The standard InChI is InChI=1S/C18H17N3O4/c1-24-17(23)10-8-15(22)18-16(9-7-14-11-19-20-21(14)18)25-12-13-5-3-2-4-6-13/h2-7,9,11H,8,10,12H2,1H3. The molecule has 0 radical (unpaired) electrons. The van der Waals surface area contributed by atoms with Crippen molar-refractivity contribution in [2.75, 3.05) is 7.11 Å².